The molecule has 9 nitrogen and oxygen atoms in total. The van der Waals surface area contributed by atoms with E-state index in [1.165, 1.54) is 7.11 Å². The Morgan fingerprint density at radius 1 is 1.26 bits per heavy atom. The van der Waals surface area contributed by atoms with Gasteiger partial charge in [0, 0.05) is 35.4 Å². The third-order valence-corrected chi connectivity index (χ3v) is 5.16. The molecule has 170 valence electrons. The number of carbonyl (C=O) groups is 3. The summed E-state index contributed by atoms with van der Waals surface area (Å²) in [5, 5.41) is 25.8. The summed E-state index contributed by atoms with van der Waals surface area (Å²) in [7, 11) is 1.26. The van der Waals surface area contributed by atoms with E-state index in [9.17, 15) is 24.6 Å². The number of aromatic amines is 1. The Morgan fingerprint density at radius 2 is 1.97 bits per heavy atom. The number of aliphatic hydroxyl groups is 2. The fraction of sp³-hybridized carbons (Fsp3) is 0.500. The van der Waals surface area contributed by atoms with Crippen molar-refractivity contribution in [2.45, 2.75) is 52.2 Å². The summed E-state index contributed by atoms with van der Waals surface area (Å²) >= 11 is 0. The van der Waals surface area contributed by atoms with Crippen LogP contribution < -0.4 is 10.6 Å². The summed E-state index contributed by atoms with van der Waals surface area (Å²) in [6, 6.07) is 4.35. The highest BCUT2D eigenvalue weighted by Crippen LogP contribution is 2.29. The number of hydrogen-bond donors (Lipinski definition) is 5. The van der Waals surface area contributed by atoms with Crippen molar-refractivity contribution in [2.24, 2.45) is 5.41 Å². The molecule has 0 aliphatic rings. The Morgan fingerprint density at radius 3 is 2.58 bits per heavy atom. The van der Waals surface area contributed by atoms with E-state index in [-0.39, 0.29) is 18.9 Å². The van der Waals surface area contributed by atoms with Crippen LogP contribution in [0.25, 0.3) is 10.9 Å². The Labute approximate surface area is 181 Å². The number of anilines is 1. The Kier molecular flexibility index (Phi) is 8.18. The number of ether oxygens (including phenoxy) is 1. The molecule has 2 rings (SSSR count). The number of fused-ring (bicyclic) bond motifs is 1. The van der Waals surface area contributed by atoms with Crippen molar-refractivity contribution in [3.63, 3.8) is 0 Å². The van der Waals surface area contributed by atoms with Crippen LogP contribution >= 0.6 is 0 Å². The largest absolute Gasteiger partial charge is 0.467 e. The number of benzene rings is 1. The van der Waals surface area contributed by atoms with E-state index in [0.717, 1.165) is 0 Å². The van der Waals surface area contributed by atoms with Crippen LogP contribution in [-0.4, -0.2) is 58.8 Å². The molecule has 2 amide bonds. The number of esters is 1. The summed E-state index contributed by atoms with van der Waals surface area (Å²) in [6.07, 6.45) is 1.37. The first-order chi connectivity index (χ1) is 14.6. The van der Waals surface area contributed by atoms with Crippen molar-refractivity contribution in [3.8, 4) is 0 Å². The van der Waals surface area contributed by atoms with Gasteiger partial charge < -0.3 is 30.6 Å². The van der Waals surface area contributed by atoms with Gasteiger partial charge in [-0.1, -0.05) is 26.8 Å². The summed E-state index contributed by atoms with van der Waals surface area (Å²) < 4.78 is 4.84. The Hall–Kier alpha value is -2.91. The average molecular weight is 434 g/mol. The van der Waals surface area contributed by atoms with E-state index in [2.05, 4.69) is 15.6 Å². The maximum atomic E-state index is 12.6. The van der Waals surface area contributed by atoms with Gasteiger partial charge >= 0.3 is 5.97 Å². The van der Waals surface area contributed by atoms with E-state index in [1.807, 2.05) is 13.0 Å². The number of H-pyrrole nitrogens is 1. The van der Waals surface area contributed by atoms with Gasteiger partial charge in [0.05, 0.1) is 19.4 Å². The monoisotopic (exact) mass is 433 g/mol. The van der Waals surface area contributed by atoms with Crippen molar-refractivity contribution in [1.82, 2.24) is 10.3 Å². The zero-order valence-electron chi connectivity index (χ0n) is 18.3. The smallest absolute Gasteiger partial charge is 0.328 e. The van der Waals surface area contributed by atoms with Gasteiger partial charge in [-0.3, -0.25) is 9.59 Å². The molecule has 9 heteroatoms. The predicted octanol–water partition coefficient (Wildman–Crippen LogP) is 1.49. The van der Waals surface area contributed by atoms with Gasteiger partial charge in [-0.25, -0.2) is 4.79 Å². The topological polar surface area (TPSA) is 141 Å². The number of nitrogens with one attached hydrogen (secondary N) is 3. The molecule has 2 atom stereocenters. The van der Waals surface area contributed by atoms with Gasteiger partial charge in [0.25, 0.3) is 5.91 Å². The van der Waals surface area contributed by atoms with Gasteiger partial charge in [0.1, 0.15) is 12.1 Å². The number of aromatic nitrogens is 1. The van der Waals surface area contributed by atoms with Crippen molar-refractivity contribution < 1.29 is 29.3 Å². The fourth-order valence-electron chi connectivity index (χ4n) is 3.21. The molecule has 5 N–H and O–H groups in total. The lowest BCUT2D eigenvalue weighted by Gasteiger charge is -2.27. The van der Waals surface area contributed by atoms with E-state index in [4.69, 9.17) is 4.74 Å². The SMILES string of the molecule is CCCC(=O)N[C@@H](Cc1c[nH]c2cccc(NC(=O)[C@H](O)C(C)(C)CO)c12)C(=O)OC. The quantitative estimate of drug-likeness (QED) is 0.360. The number of rotatable bonds is 10. The first-order valence-corrected chi connectivity index (χ1v) is 10.2. The van der Waals surface area contributed by atoms with Crippen LogP contribution in [0, 0.1) is 5.41 Å². The molecule has 0 bridgehead atoms. The van der Waals surface area contributed by atoms with Crippen molar-refractivity contribution in [1.29, 1.82) is 0 Å². The Balaban J connectivity index is 2.34. The molecule has 0 aliphatic carbocycles. The molecule has 1 heterocycles. The number of amides is 2. The molecule has 31 heavy (non-hydrogen) atoms. The number of methoxy groups -OCH3 is 1. The van der Waals surface area contributed by atoms with Crippen LogP contribution in [0.15, 0.2) is 24.4 Å². The minimum absolute atomic E-state index is 0.152. The lowest BCUT2D eigenvalue weighted by molar-refractivity contribution is -0.145. The Bertz CT molecular complexity index is 936. The van der Waals surface area contributed by atoms with E-state index < -0.39 is 29.4 Å². The van der Waals surface area contributed by atoms with E-state index in [0.29, 0.717) is 35.0 Å². The first kappa shape index (κ1) is 24.4. The number of carbonyl (C=O) groups excluding carboxylic acids is 3. The van der Waals surface area contributed by atoms with Crippen molar-refractivity contribution in [2.75, 3.05) is 19.0 Å². The zero-order valence-corrected chi connectivity index (χ0v) is 18.3. The van der Waals surface area contributed by atoms with Crippen molar-refractivity contribution >= 4 is 34.4 Å². The number of hydrogen-bond acceptors (Lipinski definition) is 6. The maximum Gasteiger partial charge on any atom is 0.328 e. The summed E-state index contributed by atoms with van der Waals surface area (Å²) in [5.41, 5.74) is 0.828. The number of aliphatic hydroxyl groups excluding tert-OH is 2. The molecular weight excluding hydrogens is 402 g/mol. The minimum atomic E-state index is -1.42. The van der Waals surface area contributed by atoms with Crippen LogP contribution in [0.3, 0.4) is 0 Å². The molecule has 0 fully saturated rings. The van der Waals surface area contributed by atoms with Crippen LogP contribution in [0.4, 0.5) is 5.69 Å². The molecular formula is C22H31N3O6. The van der Waals surface area contributed by atoms with Gasteiger partial charge in [-0.2, -0.15) is 0 Å². The van der Waals surface area contributed by atoms with E-state index in [1.54, 1.807) is 32.2 Å². The maximum absolute atomic E-state index is 12.6. The molecule has 0 spiro atoms. The van der Waals surface area contributed by atoms with Gasteiger partial charge in [0.15, 0.2) is 0 Å². The summed E-state index contributed by atoms with van der Waals surface area (Å²) in [4.78, 5) is 39.9. The molecule has 2 aromatic rings. The summed E-state index contributed by atoms with van der Waals surface area (Å²) in [6.45, 7) is 4.67. The molecule has 1 aromatic carbocycles. The normalized spacial score (nSPS) is 13.5. The highest BCUT2D eigenvalue weighted by atomic mass is 16.5. The van der Waals surface area contributed by atoms with Gasteiger partial charge in [-0.05, 0) is 24.1 Å². The second-order valence-electron chi connectivity index (χ2n) is 8.18. The predicted molar refractivity (Wildman–Crippen MR) is 116 cm³/mol. The molecule has 0 saturated carbocycles. The lowest BCUT2D eigenvalue weighted by atomic mass is 9.87. The van der Waals surface area contributed by atoms with Gasteiger partial charge in [0.2, 0.25) is 5.91 Å². The van der Waals surface area contributed by atoms with Crippen LogP contribution in [0.5, 0.6) is 0 Å². The van der Waals surface area contributed by atoms with Crippen LogP contribution in [0.1, 0.15) is 39.2 Å². The summed E-state index contributed by atoms with van der Waals surface area (Å²) in [5.74, 6) is -1.47. The molecule has 0 unspecified atom stereocenters. The molecule has 1 aromatic heterocycles. The second-order valence-corrected chi connectivity index (χ2v) is 8.18. The van der Waals surface area contributed by atoms with Gasteiger partial charge in [-0.15, -0.1) is 0 Å². The lowest BCUT2D eigenvalue weighted by Crippen LogP contribution is -2.43. The highest BCUT2D eigenvalue weighted by molar-refractivity contribution is 6.04. The van der Waals surface area contributed by atoms with Crippen LogP contribution in [-0.2, 0) is 25.5 Å². The molecule has 0 saturated heterocycles. The van der Waals surface area contributed by atoms with Crippen molar-refractivity contribution in [3.05, 3.63) is 30.0 Å². The molecule has 0 radical (unpaired) electrons. The van der Waals surface area contributed by atoms with Crippen LogP contribution in [0.2, 0.25) is 0 Å². The third-order valence-electron chi connectivity index (χ3n) is 5.16. The third kappa shape index (κ3) is 5.83. The minimum Gasteiger partial charge on any atom is -0.467 e. The fourth-order valence-corrected chi connectivity index (χ4v) is 3.21. The average Bonchev–Trinajstić information content (AvgIpc) is 3.16. The molecule has 0 aliphatic heterocycles. The standard InChI is InChI=1S/C22H31N3O6/c1-5-7-17(27)24-16(21(30)31-4)10-13-11-23-14-8-6-9-15(18(13)14)25-20(29)19(28)22(2,3)12-26/h6,8-9,11,16,19,23,26,28H,5,7,10,12H2,1-4H3,(H,24,27)(H,25,29)/t16-,19-/m0/s1. The van der Waals surface area contributed by atoms with E-state index >= 15 is 0 Å². The first-order valence-electron chi connectivity index (χ1n) is 10.2. The zero-order chi connectivity index (χ0) is 23.2. The highest BCUT2D eigenvalue weighted by Gasteiger charge is 2.33. The second kappa shape index (κ2) is 10.4.